The Labute approximate surface area is 167 Å². The van der Waals surface area contributed by atoms with Crippen LogP contribution in [0.1, 0.15) is 5.56 Å². The number of ether oxygens (including phenoxy) is 3. The second-order valence-electron chi connectivity index (χ2n) is 6.02. The molecule has 0 aromatic heterocycles. The number of hydrogen-bond donors (Lipinski definition) is 1. The van der Waals surface area contributed by atoms with E-state index >= 15 is 0 Å². The predicted molar refractivity (Wildman–Crippen MR) is 108 cm³/mol. The molecule has 146 valence electrons. The summed E-state index contributed by atoms with van der Waals surface area (Å²) in [4.78, 5) is 24.8. The Kier molecular flexibility index (Phi) is 6.97. The van der Waals surface area contributed by atoms with E-state index in [1.165, 1.54) is 6.08 Å². The number of hydrogen-bond acceptors (Lipinski definition) is 6. The van der Waals surface area contributed by atoms with Crippen molar-refractivity contribution in [2.45, 2.75) is 11.0 Å². The molecule has 6 nitrogen and oxygen atoms in total. The average Bonchev–Trinajstić information content (AvgIpc) is 2.75. The monoisotopic (exact) mass is 399 g/mol. The zero-order valence-corrected chi connectivity index (χ0v) is 16.2. The molecule has 0 bridgehead atoms. The van der Waals surface area contributed by atoms with Gasteiger partial charge in [0.15, 0.2) is 18.1 Å². The van der Waals surface area contributed by atoms with Gasteiger partial charge >= 0.3 is 5.97 Å². The van der Waals surface area contributed by atoms with Crippen molar-refractivity contribution >= 4 is 29.7 Å². The second kappa shape index (κ2) is 9.85. The Morgan fingerprint density at radius 3 is 2.68 bits per heavy atom. The zero-order valence-electron chi connectivity index (χ0n) is 15.4. The number of carbonyl (C=O) groups excluding carboxylic acids is 2. The first-order valence-electron chi connectivity index (χ1n) is 8.78. The fraction of sp³-hybridized carbons (Fsp3) is 0.238. The fourth-order valence-electron chi connectivity index (χ4n) is 2.51. The summed E-state index contributed by atoms with van der Waals surface area (Å²) in [5.41, 5.74) is 0.883. The Morgan fingerprint density at radius 1 is 1.18 bits per heavy atom. The van der Waals surface area contributed by atoms with E-state index in [1.807, 2.05) is 54.8 Å². The average molecular weight is 399 g/mol. The van der Waals surface area contributed by atoms with Crippen molar-refractivity contribution in [3.05, 3.63) is 60.2 Å². The molecule has 28 heavy (non-hydrogen) atoms. The van der Waals surface area contributed by atoms with Gasteiger partial charge in [-0.3, -0.25) is 4.79 Å². The first-order valence-corrected chi connectivity index (χ1v) is 10.0. The van der Waals surface area contributed by atoms with Crippen molar-refractivity contribution in [2.75, 3.05) is 26.0 Å². The molecule has 7 heteroatoms. The SMILES string of the molecule is CSc1ccc(/C=C/C(=O)OCC(=O)NC[C@@H]2COc3ccccc3O2)cc1. The van der Waals surface area contributed by atoms with Gasteiger partial charge < -0.3 is 19.5 Å². The van der Waals surface area contributed by atoms with Gasteiger partial charge in [-0.05, 0) is 42.2 Å². The summed E-state index contributed by atoms with van der Waals surface area (Å²) in [7, 11) is 0. The van der Waals surface area contributed by atoms with Crippen LogP contribution < -0.4 is 14.8 Å². The van der Waals surface area contributed by atoms with Gasteiger partial charge in [0.2, 0.25) is 0 Å². The van der Waals surface area contributed by atoms with E-state index < -0.39 is 11.9 Å². The fourth-order valence-corrected chi connectivity index (χ4v) is 2.91. The largest absolute Gasteiger partial charge is 0.486 e. The maximum atomic E-state index is 11.9. The van der Waals surface area contributed by atoms with E-state index in [2.05, 4.69) is 5.32 Å². The van der Waals surface area contributed by atoms with E-state index in [0.717, 1.165) is 10.5 Å². The molecule has 1 heterocycles. The molecule has 0 spiro atoms. The van der Waals surface area contributed by atoms with Gasteiger partial charge in [-0.15, -0.1) is 11.8 Å². The highest BCUT2D eigenvalue weighted by molar-refractivity contribution is 7.98. The highest BCUT2D eigenvalue weighted by Crippen LogP contribution is 2.30. The number of fused-ring (bicyclic) bond motifs is 1. The third kappa shape index (κ3) is 5.79. The van der Waals surface area contributed by atoms with Gasteiger partial charge in [0, 0.05) is 11.0 Å². The van der Waals surface area contributed by atoms with Crippen LogP contribution in [0.3, 0.4) is 0 Å². The molecule has 0 saturated carbocycles. The summed E-state index contributed by atoms with van der Waals surface area (Å²) in [5.74, 6) is 0.368. The molecule has 0 fully saturated rings. The lowest BCUT2D eigenvalue weighted by Gasteiger charge is -2.26. The van der Waals surface area contributed by atoms with Crippen LogP contribution in [0.5, 0.6) is 11.5 Å². The first kappa shape index (κ1) is 19.8. The van der Waals surface area contributed by atoms with E-state index in [1.54, 1.807) is 17.8 Å². The number of para-hydroxylation sites is 2. The van der Waals surface area contributed by atoms with E-state index in [0.29, 0.717) is 18.1 Å². The molecule has 1 amide bonds. The van der Waals surface area contributed by atoms with Crippen LogP contribution in [0, 0.1) is 0 Å². The molecule has 0 saturated heterocycles. The minimum Gasteiger partial charge on any atom is -0.486 e. The summed E-state index contributed by atoms with van der Waals surface area (Å²) in [6, 6.07) is 15.1. The molecule has 2 aromatic carbocycles. The highest BCUT2D eigenvalue weighted by Gasteiger charge is 2.21. The van der Waals surface area contributed by atoms with Crippen LogP contribution in [-0.2, 0) is 14.3 Å². The van der Waals surface area contributed by atoms with Crippen LogP contribution in [0.25, 0.3) is 6.08 Å². The van der Waals surface area contributed by atoms with Crippen molar-refractivity contribution < 1.29 is 23.8 Å². The Hall–Kier alpha value is -2.93. The molecule has 0 radical (unpaired) electrons. The van der Waals surface area contributed by atoms with Crippen LogP contribution in [0.15, 0.2) is 59.5 Å². The van der Waals surface area contributed by atoms with Gasteiger partial charge in [0.1, 0.15) is 12.7 Å². The molecule has 0 unspecified atom stereocenters. The van der Waals surface area contributed by atoms with Crippen molar-refractivity contribution in [1.82, 2.24) is 5.32 Å². The topological polar surface area (TPSA) is 73.9 Å². The van der Waals surface area contributed by atoms with E-state index in [4.69, 9.17) is 14.2 Å². The molecule has 1 atom stereocenters. The van der Waals surface area contributed by atoms with Gasteiger partial charge in [-0.1, -0.05) is 24.3 Å². The van der Waals surface area contributed by atoms with Crippen molar-refractivity contribution in [2.24, 2.45) is 0 Å². The molecule has 2 aromatic rings. The molecular formula is C21H21NO5S. The number of amides is 1. The quantitative estimate of drug-likeness (QED) is 0.438. The van der Waals surface area contributed by atoms with Crippen LogP contribution in [0.4, 0.5) is 0 Å². The predicted octanol–water partition coefficient (Wildman–Crippen LogP) is 2.92. The minimum atomic E-state index is -0.574. The molecule has 1 aliphatic heterocycles. The standard InChI is InChI=1S/C21H21NO5S/c1-28-17-9-6-15(7-10-17)8-11-21(24)26-14-20(23)22-12-16-13-25-18-4-2-3-5-19(18)27-16/h2-11,16H,12-14H2,1H3,(H,22,23)/b11-8+/t16-/m1/s1. The van der Waals surface area contributed by atoms with Crippen LogP contribution in [0.2, 0.25) is 0 Å². The van der Waals surface area contributed by atoms with Crippen LogP contribution in [-0.4, -0.2) is 44.0 Å². The third-order valence-corrected chi connectivity index (χ3v) is 4.71. The maximum absolute atomic E-state index is 11.9. The number of benzene rings is 2. The van der Waals surface area contributed by atoms with Gasteiger partial charge in [0.05, 0.1) is 6.54 Å². The zero-order chi connectivity index (χ0) is 19.8. The summed E-state index contributed by atoms with van der Waals surface area (Å²) >= 11 is 1.65. The number of carbonyl (C=O) groups is 2. The van der Waals surface area contributed by atoms with Crippen molar-refractivity contribution in [3.8, 4) is 11.5 Å². The number of esters is 1. The van der Waals surface area contributed by atoms with Crippen molar-refractivity contribution in [3.63, 3.8) is 0 Å². The lowest BCUT2D eigenvalue weighted by Crippen LogP contribution is -2.42. The molecule has 0 aliphatic carbocycles. The van der Waals surface area contributed by atoms with Crippen molar-refractivity contribution in [1.29, 1.82) is 0 Å². The molecule has 1 N–H and O–H groups in total. The van der Waals surface area contributed by atoms with E-state index in [-0.39, 0.29) is 19.3 Å². The third-order valence-electron chi connectivity index (χ3n) is 3.97. The van der Waals surface area contributed by atoms with Gasteiger partial charge in [0.25, 0.3) is 5.91 Å². The summed E-state index contributed by atoms with van der Waals surface area (Å²) in [5, 5.41) is 2.68. The summed E-state index contributed by atoms with van der Waals surface area (Å²) in [6.45, 7) is 0.260. The smallest absolute Gasteiger partial charge is 0.331 e. The van der Waals surface area contributed by atoms with Gasteiger partial charge in [-0.2, -0.15) is 0 Å². The highest BCUT2D eigenvalue weighted by atomic mass is 32.2. The van der Waals surface area contributed by atoms with E-state index in [9.17, 15) is 9.59 Å². The lowest BCUT2D eigenvalue weighted by molar-refractivity contribution is -0.143. The minimum absolute atomic E-state index is 0.266. The Bertz CT molecular complexity index is 850. The van der Waals surface area contributed by atoms with Crippen LogP contribution >= 0.6 is 11.8 Å². The number of nitrogens with one attached hydrogen (secondary N) is 1. The summed E-state index contributed by atoms with van der Waals surface area (Å²) in [6.07, 6.45) is 4.66. The normalized spacial score (nSPS) is 15.2. The molecular weight excluding hydrogens is 378 g/mol. The summed E-state index contributed by atoms with van der Waals surface area (Å²) < 4.78 is 16.3. The molecule has 3 rings (SSSR count). The maximum Gasteiger partial charge on any atom is 0.331 e. The van der Waals surface area contributed by atoms with Gasteiger partial charge in [-0.25, -0.2) is 4.79 Å². The Balaban J connectivity index is 1.37. The number of thioether (sulfide) groups is 1. The second-order valence-corrected chi connectivity index (χ2v) is 6.90. The lowest BCUT2D eigenvalue weighted by atomic mass is 10.2. The Morgan fingerprint density at radius 2 is 1.93 bits per heavy atom. The first-order chi connectivity index (χ1) is 13.6. The molecule has 1 aliphatic rings. The number of rotatable bonds is 7.